The van der Waals surface area contributed by atoms with Gasteiger partial charge in [0.1, 0.15) is 5.82 Å². The van der Waals surface area contributed by atoms with Crippen LogP contribution in [0.4, 0.5) is 10.1 Å². The van der Waals surface area contributed by atoms with Crippen LogP contribution in [0.5, 0.6) is 0 Å². The molecule has 0 aromatic heterocycles. The number of benzene rings is 1. The fourth-order valence-corrected chi connectivity index (χ4v) is 4.94. The minimum absolute atomic E-state index is 0.118. The predicted molar refractivity (Wildman–Crippen MR) is 92.7 cm³/mol. The molecule has 21 heavy (non-hydrogen) atoms. The van der Waals surface area contributed by atoms with Gasteiger partial charge in [0.05, 0.1) is 10.0 Å². The van der Waals surface area contributed by atoms with Gasteiger partial charge in [-0.3, -0.25) is 4.99 Å². The molecule has 2 atom stereocenters. The molecule has 2 aliphatic rings. The number of anilines is 1. The fourth-order valence-electron chi connectivity index (χ4n) is 3.31. The molecule has 1 aromatic carbocycles. The van der Waals surface area contributed by atoms with Crippen LogP contribution in [0, 0.1) is 18.7 Å². The zero-order chi connectivity index (χ0) is 15.0. The molecular weight excluding hydrogens is 351 g/mol. The molecular formula is C16H20BrFN2S. The molecule has 2 nitrogen and oxygen atoms in total. The lowest BCUT2D eigenvalue weighted by Crippen LogP contribution is -2.33. The molecule has 5 heteroatoms. The lowest BCUT2D eigenvalue weighted by atomic mass is 9.78. The molecule has 2 unspecified atom stereocenters. The first-order valence-electron chi connectivity index (χ1n) is 7.43. The van der Waals surface area contributed by atoms with Gasteiger partial charge in [-0.15, -0.1) is 0 Å². The first-order valence-corrected chi connectivity index (χ1v) is 9.21. The van der Waals surface area contributed by atoms with Crippen LogP contribution in [0.25, 0.3) is 0 Å². The van der Waals surface area contributed by atoms with Crippen LogP contribution >= 0.6 is 27.7 Å². The second-order valence-electron chi connectivity index (χ2n) is 6.34. The zero-order valence-corrected chi connectivity index (χ0v) is 14.8. The van der Waals surface area contributed by atoms with Crippen molar-refractivity contribution in [3.8, 4) is 0 Å². The summed E-state index contributed by atoms with van der Waals surface area (Å²) in [5.41, 5.74) is 1.94. The Hall–Kier alpha value is -0.550. The third-order valence-electron chi connectivity index (χ3n) is 4.39. The summed E-state index contributed by atoms with van der Waals surface area (Å²) in [6.07, 6.45) is 4.95. The van der Waals surface area contributed by atoms with Crippen LogP contribution in [-0.4, -0.2) is 16.5 Å². The number of nitrogens with zero attached hydrogens (tertiary/aromatic N) is 1. The summed E-state index contributed by atoms with van der Waals surface area (Å²) in [7, 11) is 0. The molecule has 3 rings (SSSR count). The van der Waals surface area contributed by atoms with Gasteiger partial charge in [-0.1, -0.05) is 31.5 Å². The third kappa shape index (κ3) is 3.29. The van der Waals surface area contributed by atoms with Crippen LogP contribution in [0.15, 0.2) is 21.6 Å². The quantitative estimate of drug-likeness (QED) is 0.719. The van der Waals surface area contributed by atoms with Crippen molar-refractivity contribution in [3.63, 3.8) is 0 Å². The summed E-state index contributed by atoms with van der Waals surface area (Å²) in [5, 5.41) is 4.25. The number of rotatable bonds is 1. The van der Waals surface area contributed by atoms with Crippen molar-refractivity contribution < 1.29 is 4.39 Å². The third-order valence-corrected chi connectivity index (χ3v) is 6.15. The van der Waals surface area contributed by atoms with Gasteiger partial charge in [0, 0.05) is 11.4 Å². The number of thioether (sulfide) groups is 1. The molecule has 1 heterocycles. The van der Waals surface area contributed by atoms with Gasteiger partial charge < -0.3 is 5.32 Å². The van der Waals surface area contributed by atoms with E-state index in [2.05, 4.69) is 28.2 Å². The van der Waals surface area contributed by atoms with E-state index in [9.17, 15) is 4.39 Å². The average Bonchev–Trinajstić information content (AvgIpc) is 2.78. The van der Waals surface area contributed by atoms with E-state index in [4.69, 9.17) is 4.99 Å². The molecule has 114 valence electrons. The van der Waals surface area contributed by atoms with Gasteiger partial charge in [0.15, 0.2) is 5.17 Å². The molecule has 1 fully saturated rings. The molecule has 1 aromatic rings. The number of amidine groups is 1. The Bertz CT molecular complexity index is 590. The molecule has 1 aliphatic carbocycles. The van der Waals surface area contributed by atoms with Crippen molar-refractivity contribution in [1.82, 2.24) is 0 Å². The molecule has 0 amide bonds. The van der Waals surface area contributed by atoms with Crippen LogP contribution in [0.2, 0.25) is 0 Å². The average molecular weight is 371 g/mol. The van der Waals surface area contributed by atoms with E-state index in [1.807, 2.05) is 6.92 Å². The minimum atomic E-state index is -0.243. The molecule has 1 spiro atoms. The minimum Gasteiger partial charge on any atom is -0.335 e. The lowest BCUT2D eigenvalue weighted by molar-refractivity contribution is 0.266. The summed E-state index contributed by atoms with van der Waals surface area (Å²) < 4.78 is 14.2. The number of aliphatic imine (C=N–C) groups is 1. The van der Waals surface area contributed by atoms with Crippen LogP contribution in [0.3, 0.4) is 0 Å². The van der Waals surface area contributed by atoms with E-state index in [0.29, 0.717) is 4.47 Å². The van der Waals surface area contributed by atoms with Crippen LogP contribution in [0.1, 0.15) is 38.2 Å². The summed E-state index contributed by atoms with van der Waals surface area (Å²) >= 11 is 4.99. The van der Waals surface area contributed by atoms with E-state index in [-0.39, 0.29) is 11.4 Å². The predicted octanol–water partition coefficient (Wildman–Crippen LogP) is 5.36. The lowest BCUT2D eigenvalue weighted by Gasteiger charge is -2.33. The maximum Gasteiger partial charge on any atom is 0.161 e. The van der Waals surface area contributed by atoms with Crippen molar-refractivity contribution in [3.05, 3.63) is 28.0 Å². The molecule has 1 N–H and O–H groups in total. The molecule has 0 bridgehead atoms. The first-order chi connectivity index (χ1) is 9.97. The van der Waals surface area contributed by atoms with Crippen molar-refractivity contribution in [2.75, 3.05) is 11.1 Å². The second-order valence-corrected chi connectivity index (χ2v) is 8.16. The van der Waals surface area contributed by atoms with Gasteiger partial charge in [0.2, 0.25) is 0 Å². The monoisotopic (exact) mass is 370 g/mol. The SMILES string of the molecule is Cc1cc(Br)c(F)cc1NC1=NC2(CCCC(C)C2)CS1. The standard InChI is InChI=1S/C16H20BrFN2S/c1-10-4-3-5-16(8-10)9-21-15(20-16)19-14-7-13(18)12(17)6-11(14)2/h6-7,10H,3-5,8-9H2,1-2H3,(H,19,20). The van der Waals surface area contributed by atoms with Gasteiger partial charge in [-0.2, -0.15) is 0 Å². The van der Waals surface area contributed by atoms with Crippen LogP contribution < -0.4 is 5.32 Å². The maximum atomic E-state index is 13.7. The number of hydrogen-bond donors (Lipinski definition) is 1. The van der Waals surface area contributed by atoms with Crippen molar-refractivity contribution in [2.24, 2.45) is 10.9 Å². The molecule has 0 saturated heterocycles. The summed E-state index contributed by atoms with van der Waals surface area (Å²) in [5.74, 6) is 1.57. The van der Waals surface area contributed by atoms with Crippen molar-refractivity contribution >= 4 is 38.5 Å². The van der Waals surface area contributed by atoms with E-state index < -0.39 is 0 Å². The Morgan fingerprint density at radius 3 is 3.05 bits per heavy atom. The highest BCUT2D eigenvalue weighted by molar-refractivity contribution is 9.10. The normalized spacial score (nSPS) is 28.8. The summed E-state index contributed by atoms with van der Waals surface area (Å²) in [6.45, 7) is 4.30. The summed E-state index contributed by atoms with van der Waals surface area (Å²) in [6, 6.07) is 3.34. The highest BCUT2D eigenvalue weighted by Gasteiger charge is 2.39. The van der Waals surface area contributed by atoms with Crippen molar-refractivity contribution in [1.29, 1.82) is 0 Å². The Labute approximate surface area is 138 Å². The van der Waals surface area contributed by atoms with E-state index >= 15 is 0 Å². The molecule has 1 saturated carbocycles. The smallest absolute Gasteiger partial charge is 0.161 e. The topological polar surface area (TPSA) is 24.4 Å². The van der Waals surface area contributed by atoms with E-state index in [1.54, 1.807) is 17.8 Å². The number of aryl methyl sites for hydroxylation is 1. The number of halogens is 2. The van der Waals surface area contributed by atoms with Gasteiger partial charge in [-0.05, 0) is 59.3 Å². The highest BCUT2D eigenvalue weighted by atomic mass is 79.9. The molecule has 1 aliphatic heterocycles. The van der Waals surface area contributed by atoms with Gasteiger partial charge in [-0.25, -0.2) is 4.39 Å². The number of hydrogen-bond acceptors (Lipinski definition) is 3. The Morgan fingerprint density at radius 2 is 2.29 bits per heavy atom. The van der Waals surface area contributed by atoms with Crippen molar-refractivity contribution in [2.45, 2.75) is 45.1 Å². The maximum absolute atomic E-state index is 13.7. The van der Waals surface area contributed by atoms with Gasteiger partial charge >= 0.3 is 0 Å². The Morgan fingerprint density at radius 1 is 1.48 bits per heavy atom. The Kier molecular flexibility index (Phi) is 4.33. The Balaban J connectivity index is 1.78. The molecule has 0 radical (unpaired) electrons. The highest BCUT2D eigenvalue weighted by Crippen LogP contribution is 2.42. The largest absolute Gasteiger partial charge is 0.335 e. The summed E-state index contributed by atoms with van der Waals surface area (Å²) in [4.78, 5) is 4.95. The second kappa shape index (κ2) is 5.92. The van der Waals surface area contributed by atoms with E-state index in [0.717, 1.165) is 28.1 Å². The van der Waals surface area contributed by atoms with Gasteiger partial charge in [0.25, 0.3) is 0 Å². The van der Waals surface area contributed by atoms with Crippen LogP contribution in [-0.2, 0) is 0 Å². The van der Waals surface area contributed by atoms with E-state index in [1.165, 1.54) is 31.7 Å². The fraction of sp³-hybridized carbons (Fsp3) is 0.562. The first kappa shape index (κ1) is 15.3. The zero-order valence-electron chi connectivity index (χ0n) is 12.4. The number of nitrogens with one attached hydrogen (secondary N) is 1.